The highest BCUT2D eigenvalue weighted by Gasteiger charge is 2.51. The predicted octanol–water partition coefficient (Wildman–Crippen LogP) is 12.0. The van der Waals surface area contributed by atoms with Gasteiger partial charge in [-0.2, -0.15) is 0 Å². The summed E-state index contributed by atoms with van der Waals surface area (Å²) in [5.74, 6) is -0.204. The van der Waals surface area contributed by atoms with E-state index in [4.69, 9.17) is 18.9 Å². The molecule has 0 aromatic heterocycles. The lowest BCUT2D eigenvalue weighted by molar-refractivity contribution is -0.359. The molecule has 2 saturated heterocycles. The van der Waals surface area contributed by atoms with Gasteiger partial charge in [-0.05, 0) is 44.9 Å². The van der Waals surface area contributed by atoms with Gasteiger partial charge in [0.05, 0.1) is 32.0 Å². The molecular formula is C64H121NO13. The lowest BCUT2D eigenvalue weighted by Crippen LogP contribution is -2.65. The fourth-order valence-electron chi connectivity index (χ4n) is 10.9. The average Bonchev–Trinajstić information content (AvgIpc) is 3.44. The van der Waals surface area contributed by atoms with E-state index in [1.165, 1.54) is 199 Å². The third kappa shape index (κ3) is 34.8. The Morgan fingerprint density at radius 2 is 0.846 bits per heavy atom. The molecule has 12 atom stereocenters. The zero-order chi connectivity index (χ0) is 56.7. The average molecular weight is 1110 g/mol. The molecule has 12 unspecified atom stereocenters. The maximum Gasteiger partial charge on any atom is 0.220 e. The number of rotatable bonds is 53. The summed E-state index contributed by atoms with van der Waals surface area (Å²) >= 11 is 0. The SMILES string of the molecule is CCCCCCC/C=C\C/C=C\CCCCCCCCCCCCCCCC(=O)NC(COC1OC(CO)C(OC2OC(CO)C(O)C(O)C2O)C(O)C1O)C(O)CCCCCCCCCCCCCCCCCCCCC. The number of ether oxygens (including phenoxy) is 4. The summed E-state index contributed by atoms with van der Waals surface area (Å²) in [6.07, 6.45) is 43.2. The maximum atomic E-state index is 13.3. The van der Waals surface area contributed by atoms with Gasteiger partial charge < -0.3 is 65.1 Å². The van der Waals surface area contributed by atoms with Gasteiger partial charge in [0.15, 0.2) is 12.6 Å². The second-order valence-corrected chi connectivity index (χ2v) is 23.2. The quantitative estimate of drug-likeness (QED) is 0.0204. The molecule has 14 heteroatoms. The molecule has 0 aromatic rings. The van der Waals surface area contributed by atoms with E-state index < -0.39 is 86.8 Å². The monoisotopic (exact) mass is 1110 g/mol. The highest BCUT2D eigenvalue weighted by molar-refractivity contribution is 5.76. The molecule has 2 rings (SSSR count). The third-order valence-corrected chi connectivity index (χ3v) is 16.2. The van der Waals surface area contributed by atoms with Gasteiger partial charge in [-0.3, -0.25) is 4.79 Å². The topological polar surface area (TPSA) is 228 Å². The summed E-state index contributed by atoms with van der Waals surface area (Å²) in [7, 11) is 0. The first-order chi connectivity index (χ1) is 38.1. The van der Waals surface area contributed by atoms with Gasteiger partial charge in [-0.1, -0.05) is 256 Å². The highest BCUT2D eigenvalue weighted by Crippen LogP contribution is 2.30. The number of amides is 1. The Balaban J connectivity index is 1.70. The van der Waals surface area contributed by atoms with Gasteiger partial charge in [0, 0.05) is 6.42 Å². The Morgan fingerprint density at radius 3 is 1.28 bits per heavy atom. The van der Waals surface area contributed by atoms with E-state index >= 15 is 0 Å². The van der Waals surface area contributed by atoms with Crippen LogP contribution in [0.5, 0.6) is 0 Å². The van der Waals surface area contributed by atoms with Crippen molar-refractivity contribution >= 4 is 5.91 Å². The van der Waals surface area contributed by atoms with Crippen LogP contribution in [0.15, 0.2) is 24.3 Å². The Hall–Kier alpha value is -1.53. The normalized spacial score (nSPS) is 24.6. The van der Waals surface area contributed by atoms with Gasteiger partial charge in [-0.25, -0.2) is 0 Å². The highest BCUT2D eigenvalue weighted by atomic mass is 16.7. The van der Waals surface area contributed by atoms with Gasteiger partial charge in [0.25, 0.3) is 0 Å². The number of aliphatic hydroxyl groups is 8. The molecule has 0 aliphatic carbocycles. The number of allylic oxidation sites excluding steroid dienone is 4. The molecule has 0 saturated carbocycles. The molecule has 2 fully saturated rings. The molecule has 9 N–H and O–H groups in total. The molecule has 1 amide bonds. The van der Waals surface area contributed by atoms with Crippen LogP contribution < -0.4 is 5.32 Å². The summed E-state index contributed by atoms with van der Waals surface area (Å²) in [5.41, 5.74) is 0. The van der Waals surface area contributed by atoms with Crippen molar-refractivity contribution in [1.29, 1.82) is 0 Å². The Morgan fingerprint density at radius 1 is 0.462 bits per heavy atom. The van der Waals surface area contributed by atoms with Crippen molar-refractivity contribution in [2.24, 2.45) is 0 Å². The lowest BCUT2D eigenvalue weighted by Gasteiger charge is -2.46. The molecule has 0 aromatic carbocycles. The second-order valence-electron chi connectivity index (χ2n) is 23.2. The van der Waals surface area contributed by atoms with Gasteiger partial charge in [0.1, 0.15) is 48.8 Å². The van der Waals surface area contributed by atoms with E-state index in [1.54, 1.807) is 0 Å². The van der Waals surface area contributed by atoms with Crippen molar-refractivity contribution in [3.05, 3.63) is 24.3 Å². The van der Waals surface area contributed by atoms with Crippen molar-refractivity contribution in [3.8, 4) is 0 Å². The van der Waals surface area contributed by atoms with Crippen LogP contribution in [0.3, 0.4) is 0 Å². The van der Waals surface area contributed by atoms with Crippen molar-refractivity contribution in [2.75, 3.05) is 19.8 Å². The molecule has 2 aliphatic heterocycles. The fourth-order valence-corrected chi connectivity index (χ4v) is 10.9. The van der Waals surface area contributed by atoms with Crippen molar-refractivity contribution in [2.45, 2.75) is 357 Å². The minimum Gasteiger partial charge on any atom is -0.394 e. The zero-order valence-electron chi connectivity index (χ0n) is 49.7. The standard InChI is InChI=1S/C64H121NO13/c1-3-5-7-9-11-13-15-17-19-21-23-24-25-26-27-28-30-32-34-36-38-40-42-44-46-48-56(69)65-52(53(68)47-45-43-41-39-37-35-33-31-29-22-20-18-16-14-12-10-8-6-4-2)51-75-63-61(74)59(72)62(55(50-67)77-63)78-64-60(73)58(71)57(70)54(49-66)76-64/h15,17,21,23,52-55,57-64,66-68,70-74H,3-14,16,18-20,22,24-51H2,1-2H3,(H,65,69)/b17-15-,23-21-. The molecule has 2 heterocycles. The first-order valence-corrected chi connectivity index (χ1v) is 32.6. The number of aliphatic hydroxyl groups excluding tert-OH is 8. The smallest absolute Gasteiger partial charge is 0.220 e. The largest absolute Gasteiger partial charge is 0.394 e. The Labute approximate surface area is 475 Å². The molecular weight excluding hydrogens is 991 g/mol. The van der Waals surface area contributed by atoms with Crippen molar-refractivity contribution in [1.82, 2.24) is 5.32 Å². The summed E-state index contributed by atoms with van der Waals surface area (Å²) in [6, 6.07) is -0.828. The number of hydrogen-bond acceptors (Lipinski definition) is 13. The fraction of sp³-hybridized carbons (Fsp3) is 0.922. The van der Waals surface area contributed by atoms with E-state index in [9.17, 15) is 45.6 Å². The van der Waals surface area contributed by atoms with E-state index in [-0.39, 0.29) is 12.5 Å². The number of carbonyl (C=O) groups is 1. The first kappa shape index (κ1) is 72.6. The third-order valence-electron chi connectivity index (χ3n) is 16.2. The van der Waals surface area contributed by atoms with E-state index in [1.807, 2.05) is 0 Å². The molecule has 0 spiro atoms. The molecule has 78 heavy (non-hydrogen) atoms. The summed E-state index contributed by atoms with van der Waals surface area (Å²) < 4.78 is 22.9. The van der Waals surface area contributed by atoms with Crippen molar-refractivity contribution in [3.63, 3.8) is 0 Å². The number of hydrogen-bond donors (Lipinski definition) is 9. The molecule has 0 radical (unpaired) electrons. The molecule has 460 valence electrons. The predicted molar refractivity (Wildman–Crippen MR) is 314 cm³/mol. The maximum absolute atomic E-state index is 13.3. The summed E-state index contributed by atoms with van der Waals surface area (Å²) in [4.78, 5) is 13.3. The number of unbranched alkanes of at least 4 members (excludes halogenated alkanes) is 36. The van der Waals surface area contributed by atoms with Crippen LogP contribution in [0, 0.1) is 0 Å². The van der Waals surface area contributed by atoms with Crippen molar-refractivity contribution < 1.29 is 64.6 Å². The Kier molecular flexibility index (Phi) is 46.5. The van der Waals surface area contributed by atoms with Gasteiger partial charge in [0.2, 0.25) is 5.91 Å². The minimum absolute atomic E-state index is 0.204. The minimum atomic E-state index is -1.78. The van der Waals surface area contributed by atoms with E-state index in [0.717, 1.165) is 57.8 Å². The summed E-state index contributed by atoms with van der Waals surface area (Å²) in [5, 5.41) is 87.4. The van der Waals surface area contributed by atoms with Gasteiger partial charge in [-0.15, -0.1) is 0 Å². The van der Waals surface area contributed by atoms with Crippen LogP contribution in [-0.4, -0.2) is 140 Å². The molecule has 0 bridgehead atoms. The molecule has 2 aliphatic rings. The van der Waals surface area contributed by atoms with Crippen LogP contribution in [0.25, 0.3) is 0 Å². The second kappa shape index (κ2) is 50.0. The number of nitrogens with one attached hydrogen (secondary N) is 1. The van der Waals surface area contributed by atoms with Crippen LogP contribution in [0.4, 0.5) is 0 Å². The zero-order valence-corrected chi connectivity index (χ0v) is 49.7. The van der Waals surface area contributed by atoms with E-state index in [0.29, 0.717) is 12.8 Å². The first-order valence-electron chi connectivity index (χ1n) is 32.6. The summed E-state index contributed by atoms with van der Waals surface area (Å²) in [6.45, 7) is 2.89. The Bertz CT molecular complexity index is 1400. The number of carbonyl (C=O) groups excluding carboxylic acids is 1. The van der Waals surface area contributed by atoms with Crippen LogP contribution >= 0.6 is 0 Å². The molecule has 14 nitrogen and oxygen atoms in total. The van der Waals surface area contributed by atoms with Crippen LogP contribution in [0.1, 0.15) is 284 Å². The van der Waals surface area contributed by atoms with Gasteiger partial charge >= 0.3 is 0 Å². The lowest BCUT2D eigenvalue weighted by atomic mass is 9.97. The van der Waals surface area contributed by atoms with Crippen LogP contribution in [0.2, 0.25) is 0 Å². The van der Waals surface area contributed by atoms with E-state index in [2.05, 4.69) is 43.5 Å². The van der Waals surface area contributed by atoms with Crippen LogP contribution in [-0.2, 0) is 23.7 Å².